The van der Waals surface area contributed by atoms with E-state index in [4.69, 9.17) is 37.0 Å². The molecule has 0 saturated carbocycles. The van der Waals surface area contributed by atoms with E-state index in [0.29, 0.717) is 25.7 Å². The van der Waals surface area contributed by atoms with Gasteiger partial charge in [-0.1, -0.05) is 279 Å². The summed E-state index contributed by atoms with van der Waals surface area (Å²) in [5, 5.41) is 10.6. The van der Waals surface area contributed by atoms with Crippen LogP contribution < -0.4 is 0 Å². The van der Waals surface area contributed by atoms with Crippen molar-refractivity contribution < 1.29 is 80.2 Å². The third kappa shape index (κ3) is 58.2. The zero-order valence-electron chi connectivity index (χ0n) is 54.9. The molecule has 3 N–H and O–H groups in total. The molecule has 0 saturated heterocycles. The van der Waals surface area contributed by atoms with Gasteiger partial charge in [-0.05, 0) is 37.5 Å². The van der Waals surface area contributed by atoms with Gasteiger partial charge in [0.05, 0.1) is 26.4 Å². The van der Waals surface area contributed by atoms with Crippen molar-refractivity contribution in [2.45, 2.75) is 349 Å². The van der Waals surface area contributed by atoms with Gasteiger partial charge in [-0.2, -0.15) is 0 Å². The summed E-state index contributed by atoms with van der Waals surface area (Å²) in [5.41, 5.74) is 0. The summed E-state index contributed by atoms with van der Waals surface area (Å²) in [6, 6.07) is 0. The molecule has 0 aliphatic carbocycles. The Morgan fingerprint density at radius 1 is 0.329 bits per heavy atom. The number of phosphoric acid groups is 2. The number of rotatable bonds is 65. The van der Waals surface area contributed by atoms with Crippen molar-refractivity contribution in [2.75, 3.05) is 39.6 Å². The highest BCUT2D eigenvalue weighted by atomic mass is 31.2. The molecule has 0 spiro atoms. The van der Waals surface area contributed by atoms with Crippen molar-refractivity contribution >= 4 is 39.5 Å². The van der Waals surface area contributed by atoms with Crippen LogP contribution in [0.1, 0.15) is 330 Å². The highest BCUT2D eigenvalue weighted by Crippen LogP contribution is 2.45. The van der Waals surface area contributed by atoms with Gasteiger partial charge in [0.1, 0.15) is 19.3 Å². The van der Waals surface area contributed by atoms with Crippen LogP contribution in [0.15, 0.2) is 0 Å². The second-order valence-corrected chi connectivity index (χ2v) is 27.2. The maximum Gasteiger partial charge on any atom is 0.472 e. The first-order valence-corrected chi connectivity index (χ1v) is 37.6. The molecule has 4 unspecified atom stereocenters. The Balaban J connectivity index is 5.26. The standard InChI is InChI=1S/C66H128O17P2/c1-7-11-13-15-17-19-20-21-23-32-38-44-50-65(70)82-61(54-76-63(68)48-42-36-30-22-18-16-14-12-8-2)56-80-84(72,73)78-52-60(67)53-79-85(74,75)81-57-62(83-66(71)51-45-39-33-27-25-29-35-41-47-59(6)10-4)55-77-64(69)49-43-37-31-26-24-28-34-40-46-58(5)9-3/h58-62,67H,7-57H2,1-6H3,(H,72,73)(H,74,75)/t58?,59?,60-,61+,62+/m0/s1. The van der Waals surface area contributed by atoms with Crippen molar-refractivity contribution in [3.8, 4) is 0 Å². The first kappa shape index (κ1) is 83.1. The molecular weight excluding hydrogens is 1130 g/mol. The molecule has 0 fully saturated rings. The van der Waals surface area contributed by atoms with E-state index in [1.165, 1.54) is 148 Å². The van der Waals surface area contributed by atoms with E-state index in [-0.39, 0.29) is 25.7 Å². The Morgan fingerprint density at radius 3 is 0.835 bits per heavy atom. The lowest BCUT2D eigenvalue weighted by molar-refractivity contribution is -0.161. The number of aliphatic hydroxyl groups excluding tert-OH is 1. The second-order valence-electron chi connectivity index (χ2n) is 24.3. The quantitative estimate of drug-likeness (QED) is 0.0222. The van der Waals surface area contributed by atoms with E-state index in [1.54, 1.807) is 0 Å². The van der Waals surface area contributed by atoms with Crippen LogP contribution in [0.3, 0.4) is 0 Å². The molecule has 0 aliphatic heterocycles. The largest absolute Gasteiger partial charge is 0.472 e. The molecule has 0 aromatic heterocycles. The number of unbranched alkanes of at least 4 members (excludes halogenated alkanes) is 33. The van der Waals surface area contributed by atoms with E-state index in [0.717, 1.165) is 102 Å². The van der Waals surface area contributed by atoms with Crippen molar-refractivity contribution in [2.24, 2.45) is 11.8 Å². The number of aliphatic hydroxyl groups is 1. The van der Waals surface area contributed by atoms with Crippen LogP contribution in [0.25, 0.3) is 0 Å². The lowest BCUT2D eigenvalue weighted by atomic mass is 9.99. The van der Waals surface area contributed by atoms with Gasteiger partial charge in [0.2, 0.25) is 0 Å². The lowest BCUT2D eigenvalue weighted by Gasteiger charge is -2.21. The highest BCUT2D eigenvalue weighted by molar-refractivity contribution is 7.47. The maximum atomic E-state index is 13.0. The van der Waals surface area contributed by atoms with Crippen molar-refractivity contribution in [1.82, 2.24) is 0 Å². The van der Waals surface area contributed by atoms with Crippen LogP contribution in [-0.2, 0) is 65.4 Å². The Morgan fingerprint density at radius 2 is 0.565 bits per heavy atom. The third-order valence-electron chi connectivity index (χ3n) is 15.9. The number of carbonyl (C=O) groups is 4. The van der Waals surface area contributed by atoms with E-state index in [9.17, 15) is 43.2 Å². The fourth-order valence-electron chi connectivity index (χ4n) is 9.82. The smallest absolute Gasteiger partial charge is 0.462 e. The molecule has 0 bridgehead atoms. The topological polar surface area (TPSA) is 237 Å². The summed E-state index contributed by atoms with van der Waals surface area (Å²) < 4.78 is 68.1. The van der Waals surface area contributed by atoms with Gasteiger partial charge in [-0.15, -0.1) is 0 Å². The van der Waals surface area contributed by atoms with Crippen LogP contribution >= 0.6 is 15.6 Å². The molecule has 0 amide bonds. The molecule has 85 heavy (non-hydrogen) atoms. The Kier molecular flexibility index (Phi) is 57.1. The number of hydrogen-bond acceptors (Lipinski definition) is 15. The molecule has 7 atom stereocenters. The molecular formula is C66H128O17P2. The predicted octanol–water partition coefficient (Wildman–Crippen LogP) is 18.4. The van der Waals surface area contributed by atoms with E-state index in [1.807, 2.05) is 0 Å². The molecule has 0 aromatic rings. The average Bonchev–Trinajstić information content (AvgIpc) is 3.60. The lowest BCUT2D eigenvalue weighted by Crippen LogP contribution is -2.30. The van der Waals surface area contributed by atoms with Crippen molar-refractivity contribution in [3.63, 3.8) is 0 Å². The van der Waals surface area contributed by atoms with Gasteiger partial charge in [-0.3, -0.25) is 37.3 Å². The number of esters is 4. The van der Waals surface area contributed by atoms with E-state index >= 15 is 0 Å². The Labute approximate surface area is 517 Å². The zero-order valence-corrected chi connectivity index (χ0v) is 56.7. The summed E-state index contributed by atoms with van der Waals surface area (Å²) in [6.07, 6.45) is 41.5. The second kappa shape index (κ2) is 58.4. The number of ether oxygens (including phenoxy) is 4. The van der Waals surface area contributed by atoms with Gasteiger partial charge in [-0.25, -0.2) is 9.13 Å². The molecule has 0 rings (SSSR count). The molecule has 0 heterocycles. The summed E-state index contributed by atoms with van der Waals surface area (Å²) in [4.78, 5) is 72.3. The van der Waals surface area contributed by atoms with E-state index in [2.05, 4.69) is 41.5 Å². The SMILES string of the molecule is CCCCCCCCCCCCCCC(=O)O[C@H](COC(=O)CCCCCCCCCCC)COP(=O)(O)OC[C@H](O)COP(=O)(O)OC[C@@H](COC(=O)CCCCCCCCCCC(C)CC)OC(=O)CCCCCCCCCCC(C)CC. The minimum Gasteiger partial charge on any atom is -0.462 e. The number of carbonyl (C=O) groups excluding carboxylic acids is 4. The first-order valence-electron chi connectivity index (χ1n) is 34.6. The molecule has 0 radical (unpaired) electrons. The highest BCUT2D eigenvalue weighted by Gasteiger charge is 2.30. The first-order chi connectivity index (χ1) is 40.9. The van der Waals surface area contributed by atoms with Crippen LogP contribution in [0, 0.1) is 11.8 Å². The third-order valence-corrected chi connectivity index (χ3v) is 17.8. The summed E-state index contributed by atoms with van der Waals surface area (Å²) >= 11 is 0. The zero-order chi connectivity index (χ0) is 62.9. The minimum absolute atomic E-state index is 0.104. The molecule has 0 aliphatic rings. The maximum absolute atomic E-state index is 13.0. The van der Waals surface area contributed by atoms with Crippen LogP contribution in [0.4, 0.5) is 0 Å². The number of hydrogen-bond donors (Lipinski definition) is 3. The van der Waals surface area contributed by atoms with Gasteiger partial charge in [0, 0.05) is 25.7 Å². The molecule has 504 valence electrons. The van der Waals surface area contributed by atoms with Gasteiger partial charge in [0.15, 0.2) is 12.2 Å². The molecule has 19 heteroatoms. The fraction of sp³-hybridized carbons (Fsp3) is 0.939. The summed E-state index contributed by atoms with van der Waals surface area (Å²) in [6.45, 7) is 9.50. The van der Waals surface area contributed by atoms with Crippen LogP contribution in [0.2, 0.25) is 0 Å². The Hall–Kier alpha value is -1.94. The van der Waals surface area contributed by atoms with Gasteiger partial charge in [0.25, 0.3) is 0 Å². The average molecular weight is 1260 g/mol. The Bertz CT molecular complexity index is 1670. The summed E-state index contributed by atoms with van der Waals surface area (Å²) in [5.74, 6) is -0.584. The predicted molar refractivity (Wildman–Crippen MR) is 340 cm³/mol. The van der Waals surface area contributed by atoms with Crippen molar-refractivity contribution in [3.05, 3.63) is 0 Å². The van der Waals surface area contributed by atoms with Crippen molar-refractivity contribution in [1.29, 1.82) is 0 Å². The van der Waals surface area contributed by atoms with E-state index < -0.39 is 97.5 Å². The van der Waals surface area contributed by atoms with Gasteiger partial charge >= 0.3 is 39.5 Å². The van der Waals surface area contributed by atoms with Crippen LogP contribution in [-0.4, -0.2) is 96.7 Å². The van der Waals surface area contributed by atoms with Crippen LogP contribution in [0.5, 0.6) is 0 Å². The summed E-state index contributed by atoms with van der Waals surface area (Å²) in [7, 11) is -9.89. The number of phosphoric ester groups is 2. The fourth-order valence-corrected chi connectivity index (χ4v) is 11.4. The monoisotopic (exact) mass is 1250 g/mol. The van der Waals surface area contributed by atoms with Gasteiger partial charge < -0.3 is 33.8 Å². The molecule has 17 nitrogen and oxygen atoms in total. The normalized spacial score (nSPS) is 14.9. The molecule has 0 aromatic carbocycles. The minimum atomic E-state index is -4.95.